The summed E-state index contributed by atoms with van der Waals surface area (Å²) in [6, 6.07) is 6.84. The van der Waals surface area contributed by atoms with Gasteiger partial charge in [0, 0.05) is 28.7 Å². The monoisotopic (exact) mass is 310 g/mol. The minimum atomic E-state index is 0.492. The molecule has 2 N–H and O–H groups in total. The van der Waals surface area contributed by atoms with Gasteiger partial charge in [0.25, 0.3) is 0 Å². The first kappa shape index (κ1) is 17.3. The Morgan fingerprint density at radius 2 is 2.10 bits per heavy atom. The summed E-state index contributed by atoms with van der Waals surface area (Å²) >= 11 is 7.00. The van der Waals surface area contributed by atoms with E-state index < -0.39 is 0 Å². The van der Waals surface area contributed by atoms with E-state index in [0.717, 1.165) is 18.5 Å². The number of anilines is 1. The first-order valence-electron chi connectivity index (χ1n) is 7.30. The normalized spacial score (nSPS) is 12.2. The second-order valence-electron chi connectivity index (χ2n) is 5.02. The van der Waals surface area contributed by atoms with Crippen molar-refractivity contribution in [2.45, 2.75) is 51.0 Å². The highest BCUT2D eigenvalue weighted by molar-refractivity contribution is 7.98. The van der Waals surface area contributed by atoms with Gasteiger partial charge in [-0.1, -0.05) is 38.6 Å². The first-order chi connectivity index (χ1) is 9.56. The third-order valence-corrected chi connectivity index (χ3v) is 4.64. The minimum absolute atomic E-state index is 0.492. The van der Waals surface area contributed by atoms with Crippen molar-refractivity contribution >= 4 is 34.7 Å². The summed E-state index contributed by atoms with van der Waals surface area (Å²) < 4.78 is 0. The molecule has 0 saturated heterocycles. The molecule has 0 heterocycles. The number of nitrogens with two attached hydrogens (primary N) is 1. The fourth-order valence-corrected chi connectivity index (χ4v) is 3.22. The van der Waals surface area contributed by atoms with Crippen LogP contribution < -0.4 is 10.6 Å². The Bertz CT molecular complexity index is 446. The number of hydrogen-bond acceptors (Lipinski definition) is 3. The van der Waals surface area contributed by atoms with Crippen molar-refractivity contribution < 1.29 is 0 Å². The molecule has 0 aromatic heterocycles. The highest BCUT2D eigenvalue weighted by Crippen LogP contribution is 2.31. The van der Waals surface area contributed by atoms with Crippen molar-refractivity contribution in [1.82, 2.24) is 0 Å². The molecule has 0 bridgehead atoms. The summed E-state index contributed by atoms with van der Waals surface area (Å²) in [5.41, 5.74) is 8.21. The number of unbranched alkanes of at least 4 members (excludes halogenated alkanes) is 1. The zero-order valence-corrected chi connectivity index (χ0v) is 14.6. The second-order valence-corrected chi connectivity index (χ2v) is 6.31. The van der Waals surface area contributed by atoms with Crippen LogP contribution in [0.3, 0.4) is 0 Å². The highest BCUT2D eigenvalue weighted by Gasteiger charge is 2.19. The van der Waals surface area contributed by atoms with Crippen LogP contribution in [-0.4, -0.2) is 23.8 Å². The van der Waals surface area contributed by atoms with Gasteiger partial charge >= 0.3 is 0 Å². The molecule has 4 heteroatoms. The van der Waals surface area contributed by atoms with Gasteiger partial charge in [0.05, 0.1) is 0 Å². The van der Waals surface area contributed by atoms with E-state index in [-0.39, 0.29) is 0 Å². The van der Waals surface area contributed by atoms with Crippen LogP contribution in [0.15, 0.2) is 23.1 Å². The Hall–Kier alpha value is -0.740. The van der Waals surface area contributed by atoms with E-state index in [0.29, 0.717) is 11.0 Å². The topological polar surface area (TPSA) is 29.3 Å². The maximum Gasteiger partial charge on any atom is 0.107 e. The van der Waals surface area contributed by atoms with Crippen LogP contribution in [0.2, 0.25) is 0 Å². The molecule has 112 valence electrons. The SMILES string of the molecule is CCCCN(c1cccc(SC)c1C(N)=S)C(C)CC. The highest BCUT2D eigenvalue weighted by atomic mass is 32.2. The average Bonchev–Trinajstić information content (AvgIpc) is 2.46. The molecule has 1 unspecified atom stereocenters. The van der Waals surface area contributed by atoms with Crippen LogP contribution in [0.5, 0.6) is 0 Å². The third-order valence-electron chi connectivity index (χ3n) is 3.66. The van der Waals surface area contributed by atoms with E-state index in [1.54, 1.807) is 11.8 Å². The van der Waals surface area contributed by atoms with E-state index in [1.807, 2.05) is 0 Å². The van der Waals surface area contributed by atoms with Gasteiger partial charge in [-0.15, -0.1) is 11.8 Å². The zero-order valence-electron chi connectivity index (χ0n) is 13.0. The summed E-state index contributed by atoms with van der Waals surface area (Å²) in [4.78, 5) is 4.12. The second kappa shape index (κ2) is 8.53. The molecule has 0 amide bonds. The predicted octanol–water partition coefficient (Wildman–Crippen LogP) is 4.45. The lowest BCUT2D eigenvalue weighted by Gasteiger charge is -2.33. The molecule has 0 aliphatic carbocycles. The van der Waals surface area contributed by atoms with E-state index in [9.17, 15) is 0 Å². The predicted molar refractivity (Wildman–Crippen MR) is 96.1 cm³/mol. The summed E-state index contributed by atoms with van der Waals surface area (Å²) in [6.45, 7) is 7.77. The molecule has 0 aliphatic heterocycles. The number of thiocarbonyl (C=S) groups is 1. The van der Waals surface area contributed by atoms with Gasteiger partial charge in [-0.3, -0.25) is 0 Å². The number of benzene rings is 1. The standard InChI is InChI=1S/C16H26N2S2/c1-5-7-11-18(12(3)6-2)13-9-8-10-14(20-4)15(13)16(17)19/h8-10,12H,5-7,11H2,1-4H3,(H2,17,19). The Morgan fingerprint density at radius 1 is 1.40 bits per heavy atom. The quantitative estimate of drug-likeness (QED) is 0.567. The van der Waals surface area contributed by atoms with Crippen LogP contribution in [0.1, 0.15) is 45.6 Å². The van der Waals surface area contributed by atoms with Crippen molar-refractivity contribution in [2.24, 2.45) is 5.73 Å². The molecule has 0 saturated carbocycles. The number of thioether (sulfide) groups is 1. The van der Waals surface area contributed by atoms with Gasteiger partial charge in [0.1, 0.15) is 4.99 Å². The van der Waals surface area contributed by atoms with Crippen LogP contribution in [0.25, 0.3) is 0 Å². The molecule has 0 spiro atoms. The molecule has 1 atom stereocenters. The molecule has 1 aromatic rings. The third kappa shape index (κ3) is 4.13. The van der Waals surface area contributed by atoms with Gasteiger partial charge in [0.15, 0.2) is 0 Å². The van der Waals surface area contributed by atoms with Crippen LogP contribution in [-0.2, 0) is 0 Å². The fraction of sp³-hybridized carbons (Fsp3) is 0.562. The van der Waals surface area contributed by atoms with Gasteiger partial charge in [0.2, 0.25) is 0 Å². The molecule has 0 fully saturated rings. The van der Waals surface area contributed by atoms with Gasteiger partial charge in [-0.05, 0) is 38.2 Å². The minimum Gasteiger partial charge on any atom is -0.389 e. The largest absolute Gasteiger partial charge is 0.389 e. The van der Waals surface area contributed by atoms with Gasteiger partial charge in [-0.2, -0.15) is 0 Å². The van der Waals surface area contributed by atoms with Crippen molar-refractivity contribution in [3.8, 4) is 0 Å². The molecule has 2 nitrogen and oxygen atoms in total. The maximum atomic E-state index is 5.99. The van der Waals surface area contributed by atoms with Crippen molar-refractivity contribution in [1.29, 1.82) is 0 Å². The summed E-state index contributed by atoms with van der Waals surface area (Å²) in [5.74, 6) is 0. The van der Waals surface area contributed by atoms with Crippen molar-refractivity contribution in [2.75, 3.05) is 17.7 Å². The maximum absolute atomic E-state index is 5.99. The molecular weight excluding hydrogens is 284 g/mol. The summed E-state index contributed by atoms with van der Waals surface area (Å²) in [7, 11) is 0. The molecule has 0 aliphatic rings. The number of nitrogens with zero attached hydrogens (tertiary/aromatic N) is 1. The molecule has 1 rings (SSSR count). The van der Waals surface area contributed by atoms with E-state index in [4.69, 9.17) is 18.0 Å². The zero-order chi connectivity index (χ0) is 15.1. The number of rotatable bonds is 8. The van der Waals surface area contributed by atoms with Crippen molar-refractivity contribution in [3.63, 3.8) is 0 Å². The summed E-state index contributed by atoms with van der Waals surface area (Å²) in [5, 5.41) is 0. The van der Waals surface area contributed by atoms with Crippen LogP contribution in [0.4, 0.5) is 5.69 Å². The van der Waals surface area contributed by atoms with Crippen LogP contribution >= 0.6 is 24.0 Å². The Labute approximate surface area is 133 Å². The molecular formula is C16H26N2S2. The smallest absolute Gasteiger partial charge is 0.107 e. The van der Waals surface area contributed by atoms with E-state index >= 15 is 0 Å². The molecule has 20 heavy (non-hydrogen) atoms. The Morgan fingerprint density at radius 3 is 2.60 bits per heavy atom. The molecule has 1 aromatic carbocycles. The first-order valence-corrected chi connectivity index (χ1v) is 8.93. The van der Waals surface area contributed by atoms with E-state index in [2.05, 4.69) is 50.1 Å². The Kier molecular flexibility index (Phi) is 7.38. The van der Waals surface area contributed by atoms with Gasteiger partial charge in [-0.25, -0.2) is 0 Å². The molecule has 0 radical (unpaired) electrons. The van der Waals surface area contributed by atoms with Crippen LogP contribution in [0, 0.1) is 0 Å². The lowest BCUT2D eigenvalue weighted by Crippen LogP contribution is -2.35. The van der Waals surface area contributed by atoms with Gasteiger partial charge < -0.3 is 10.6 Å². The number of hydrogen-bond donors (Lipinski definition) is 1. The van der Waals surface area contributed by atoms with Crippen molar-refractivity contribution in [3.05, 3.63) is 23.8 Å². The lowest BCUT2D eigenvalue weighted by atomic mass is 10.1. The van der Waals surface area contributed by atoms with E-state index in [1.165, 1.54) is 23.4 Å². The average molecular weight is 311 g/mol. The lowest BCUT2D eigenvalue weighted by molar-refractivity contribution is 0.595. The fourth-order valence-electron chi connectivity index (χ4n) is 2.30. The summed E-state index contributed by atoms with van der Waals surface area (Å²) in [6.07, 6.45) is 5.56. The Balaban J connectivity index is 3.27.